The highest BCUT2D eigenvalue weighted by atomic mass is 31.2. The van der Waals surface area contributed by atoms with Gasteiger partial charge in [0.2, 0.25) is 5.91 Å². The number of ether oxygens (including phenoxy) is 1. The summed E-state index contributed by atoms with van der Waals surface area (Å²) < 4.78 is 30.3. The zero-order valence-corrected chi connectivity index (χ0v) is 51.9. The quantitative estimate of drug-likeness (QED) is 0.0212. The second-order valence-electron chi connectivity index (χ2n) is 23.3. The maximum atomic E-state index is 13.5. The van der Waals surface area contributed by atoms with Crippen LogP contribution in [0.15, 0.2) is 48.6 Å². The molecule has 0 bridgehead atoms. The Morgan fingerprint density at radius 1 is 0.461 bits per heavy atom. The zero-order valence-electron chi connectivity index (χ0n) is 51.0. The summed E-state index contributed by atoms with van der Waals surface area (Å²) in [5, 5.41) is 3.02. The zero-order chi connectivity index (χ0) is 55.7. The number of amides is 1. The Bertz CT molecular complexity index is 1440. The molecule has 9 nitrogen and oxygen atoms in total. The molecular weight excluding hydrogens is 964 g/mol. The van der Waals surface area contributed by atoms with E-state index in [1.165, 1.54) is 186 Å². The number of esters is 1. The first kappa shape index (κ1) is 74.0. The number of phosphoric ester groups is 1. The molecule has 0 aliphatic heterocycles. The smallest absolute Gasteiger partial charge is 0.306 e. The molecule has 0 fully saturated rings. The van der Waals surface area contributed by atoms with Crippen LogP contribution in [0.2, 0.25) is 0 Å². The minimum atomic E-state index is -4.69. The molecule has 3 unspecified atom stereocenters. The lowest BCUT2D eigenvalue weighted by atomic mass is 10.0. The normalized spacial score (nSPS) is 13.9. The summed E-state index contributed by atoms with van der Waals surface area (Å²) in [6.07, 6.45) is 69.5. The van der Waals surface area contributed by atoms with Crippen molar-refractivity contribution >= 4 is 19.7 Å². The second kappa shape index (κ2) is 56.3. The van der Waals surface area contributed by atoms with Gasteiger partial charge in [0.05, 0.1) is 33.8 Å². The van der Waals surface area contributed by atoms with Crippen LogP contribution >= 0.6 is 7.82 Å². The average molecular weight is 1090 g/mol. The van der Waals surface area contributed by atoms with Crippen LogP contribution in [0.3, 0.4) is 0 Å². The monoisotopic (exact) mass is 1090 g/mol. The summed E-state index contributed by atoms with van der Waals surface area (Å²) in [6, 6.07) is -0.889. The number of nitrogens with one attached hydrogen (secondary N) is 1. The third-order valence-electron chi connectivity index (χ3n) is 14.5. The van der Waals surface area contributed by atoms with Gasteiger partial charge in [-0.25, -0.2) is 0 Å². The van der Waals surface area contributed by atoms with Crippen molar-refractivity contribution in [1.82, 2.24) is 5.32 Å². The van der Waals surface area contributed by atoms with Gasteiger partial charge in [-0.15, -0.1) is 0 Å². The topological polar surface area (TPSA) is 114 Å². The van der Waals surface area contributed by atoms with Gasteiger partial charge in [-0.1, -0.05) is 262 Å². The highest BCUT2D eigenvalue weighted by Crippen LogP contribution is 2.38. The van der Waals surface area contributed by atoms with Crippen molar-refractivity contribution in [2.24, 2.45) is 0 Å². The SMILES string of the molecule is CCCC/C=C\CCCCCCCC(=O)NC(COP(=O)([O-])OCC[N+](C)(C)C)C(/C=C\CCCCCCCCCCCC)OC(=O)CCCCCCCCCCCCCCCCCCC/C=C\C/C=C\CCCCC. The number of hydrogen-bond acceptors (Lipinski definition) is 7. The third kappa shape index (κ3) is 56.7. The summed E-state index contributed by atoms with van der Waals surface area (Å²) in [5.41, 5.74) is 0. The standard InChI is InChI=1S/C66H125N2O7P/c1-7-10-13-16-19-22-25-27-28-29-30-31-32-33-34-35-36-37-38-39-40-41-44-47-50-53-56-59-66(70)75-64(57-54-51-48-45-43-26-23-20-17-14-11-8-2)63(62-74-76(71,72)73-61-60-68(4,5)6)67-65(69)58-55-52-49-46-42-24-21-18-15-12-9-3/h18-19,21-22,27-28,54,57,63-64H,7-17,20,23-26,29-53,55-56,58-62H2,1-6H3,(H-,67,69,71,72)/b21-18-,22-19-,28-27-,57-54-. The molecular formula is C66H125N2O7P. The molecule has 0 rings (SSSR count). The van der Waals surface area contributed by atoms with E-state index in [0.29, 0.717) is 17.4 Å². The lowest BCUT2D eigenvalue weighted by molar-refractivity contribution is -0.870. The van der Waals surface area contributed by atoms with Gasteiger partial charge in [0.1, 0.15) is 19.3 Å². The molecule has 10 heteroatoms. The van der Waals surface area contributed by atoms with Crippen molar-refractivity contribution in [3.8, 4) is 0 Å². The van der Waals surface area contributed by atoms with Crippen molar-refractivity contribution in [2.45, 2.75) is 322 Å². The van der Waals surface area contributed by atoms with Gasteiger partial charge in [-0.05, 0) is 83.1 Å². The van der Waals surface area contributed by atoms with Crippen LogP contribution in [0.4, 0.5) is 0 Å². The second-order valence-corrected chi connectivity index (χ2v) is 24.7. The molecule has 76 heavy (non-hydrogen) atoms. The van der Waals surface area contributed by atoms with Gasteiger partial charge in [0.25, 0.3) is 7.82 Å². The highest BCUT2D eigenvalue weighted by molar-refractivity contribution is 7.45. The van der Waals surface area contributed by atoms with E-state index in [4.69, 9.17) is 13.8 Å². The number of carbonyl (C=O) groups is 2. The van der Waals surface area contributed by atoms with E-state index < -0.39 is 20.0 Å². The fourth-order valence-electron chi connectivity index (χ4n) is 9.42. The van der Waals surface area contributed by atoms with Crippen LogP contribution in [0.5, 0.6) is 0 Å². The predicted octanol–water partition coefficient (Wildman–Crippen LogP) is 19.4. The van der Waals surface area contributed by atoms with Gasteiger partial charge < -0.3 is 28.5 Å². The fraction of sp³-hybridized carbons (Fsp3) is 0.848. The molecule has 0 aliphatic carbocycles. The largest absolute Gasteiger partial charge is 0.756 e. The molecule has 0 aromatic carbocycles. The van der Waals surface area contributed by atoms with Crippen molar-refractivity contribution in [3.63, 3.8) is 0 Å². The predicted molar refractivity (Wildman–Crippen MR) is 326 cm³/mol. The number of rotatable bonds is 59. The van der Waals surface area contributed by atoms with Gasteiger partial charge in [0.15, 0.2) is 0 Å². The van der Waals surface area contributed by atoms with Crippen LogP contribution in [-0.2, 0) is 27.9 Å². The van der Waals surface area contributed by atoms with E-state index in [1.54, 1.807) is 0 Å². The number of allylic oxidation sites excluding steroid dienone is 7. The number of carbonyl (C=O) groups excluding carboxylic acids is 2. The number of hydrogen-bond donors (Lipinski definition) is 1. The van der Waals surface area contributed by atoms with Crippen molar-refractivity contribution < 1.29 is 37.3 Å². The van der Waals surface area contributed by atoms with Crippen molar-refractivity contribution in [3.05, 3.63) is 48.6 Å². The van der Waals surface area contributed by atoms with E-state index in [-0.39, 0.29) is 31.5 Å². The fourth-order valence-corrected chi connectivity index (χ4v) is 10.1. The molecule has 3 atom stereocenters. The lowest BCUT2D eigenvalue weighted by Gasteiger charge is -2.30. The number of phosphoric acid groups is 1. The van der Waals surface area contributed by atoms with Crippen LogP contribution < -0.4 is 10.2 Å². The third-order valence-corrected chi connectivity index (χ3v) is 15.4. The van der Waals surface area contributed by atoms with Crippen LogP contribution in [0.25, 0.3) is 0 Å². The van der Waals surface area contributed by atoms with E-state index in [0.717, 1.165) is 89.9 Å². The Kier molecular flexibility index (Phi) is 54.7. The Morgan fingerprint density at radius 2 is 0.816 bits per heavy atom. The molecule has 446 valence electrons. The summed E-state index contributed by atoms with van der Waals surface area (Å²) >= 11 is 0. The number of likely N-dealkylation sites (N-methyl/N-ethyl adjacent to an activating group) is 1. The number of nitrogens with zero attached hydrogens (tertiary/aromatic N) is 1. The van der Waals surface area contributed by atoms with Crippen molar-refractivity contribution in [2.75, 3.05) is 40.9 Å². The number of quaternary nitrogens is 1. The van der Waals surface area contributed by atoms with Crippen LogP contribution in [0.1, 0.15) is 310 Å². The Morgan fingerprint density at radius 3 is 1.26 bits per heavy atom. The molecule has 0 saturated carbocycles. The molecule has 0 spiro atoms. The first-order valence-corrected chi connectivity index (χ1v) is 33.9. The summed E-state index contributed by atoms with van der Waals surface area (Å²) in [7, 11) is 1.19. The van der Waals surface area contributed by atoms with Crippen LogP contribution in [-0.4, -0.2) is 69.4 Å². The van der Waals surface area contributed by atoms with Gasteiger partial charge >= 0.3 is 5.97 Å². The molecule has 1 amide bonds. The average Bonchev–Trinajstić information content (AvgIpc) is 3.38. The summed E-state index contributed by atoms with van der Waals surface area (Å²) in [4.78, 5) is 39.9. The Hall–Kier alpha value is -2.03. The minimum absolute atomic E-state index is 0.0227. The first-order valence-electron chi connectivity index (χ1n) is 32.4. The minimum Gasteiger partial charge on any atom is -0.756 e. The van der Waals surface area contributed by atoms with E-state index in [9.17, 15) is 19.0 Å². The molecule has 0 aromatic rings. The van der Waals surface area contributed by atoms with Gasteiger partial charge in [-0.2, -0.15) is 0 Å². The van der Waals surface area contributed by atoms with E-state index >= 15 is 0 Å². The Balaban J connectivity index is 4.96. The van der Waals surface area contributed by atoms with Gasteiger partial charge in [-0.3, -0.25) is 14.2 Å². The molecule has 0 heterocycles. The van der Waals surface area contributed by atoms with Crippen LogP contribution in [0, 0.1) is 0 Å². The maximum Gasteiger partial charge on any atom is 0.306 e. The maximum absolute atomic E-state index is 13.5. The summed E-state index contributed by atoms with van der Waals surface area (Å²) in [5.74, 6) is -0.543. The molecule has 0 radical (unpaired) electrons. The number of unbranched alkanes of at least 4 members (excludes halogenated alkanes) is 37. The molecule has 0 saturated heterocycles. The van der Waals surface area contributed by atoms with E-state index in [2.05, 4.69) is 62.5 Å². The van der Waals surface area contributed by atoms with E-state index in [1.807, 2.05) is 33.3 Å². The Labute approximate surface area is 471 Å². The lowest BCUT2D eigenvalue weighted by Crippen LogP contribution is -2.47. The van der Waals surface area contributed by atoms with Gasteiger partial charge in [0, 0.05) is 12.8 Å². The highest BCUT2D eigenvalue weighted by Gasteiger charge is 2.27. The summed E-state index contributed by atoms with van der Waals surface area (Å²) in [6.45, 7) is 6.80. The molecule has 1 N–H and O–H groups in total. The molecule has 0 aliphatic rings. The first-order chi connectivity index (χ1) is 36.9. The van der Waals surface area contributed by atoms with Crippen molar-refractivity contribution in [1.29, 1.82) is 0 Å². The molecule has 0 aromatic heterocycles.